The quantitative estimate of drug-likeness (QED) is 0.796. The van der Waals surface area contributed by atoms with Crippen LogP contribution in [-0.2, 0) is 4.79 Å². The van der Waals surface area contributed by atoms with E-state index in [4.69, 9.17) is 0 Å². The monoisotopic (exact) mass is 242 g/mol. The van der Waals surface area contributed by atoms with Crippen LogP contribution in [0.4, 0.5) is 0 Å². The number of aliphatic carboxylic acids is 1. The standard InChI is InChI=1S/C13H26N2O2/c1-5-15(6-2)13(12(16)17)7-9-14(10-8-13)11(3)4/h11H,5-10H2,1-4H3,(H,16,17). The van der Waals surface area contributed by atoms with Crippen molar-refractivity contribution in [2.24, 2.45) is 0 Å². The molecule has 0 saturated carbocycles. The van der Waals surface area contributed by atoms with Gasteiger partial charge < -0.3 is 10.0 Å². The molecule has 4 nitrogen and oxygen atoms in total. The third-order valence-electron chi connectivity index (χ3n) is 4.12. The van der Waals surface area contributed by atoms with Crippen molar-refractivity contribution in [3.8, 4) is 0 Å². The number of likely N-dealkylation sites (N-methyl/N-ethyl adjacent to an activating group) is 1. The first kappa shape index (κ1) is 14.5. The minimum Gasteiger partial charge on any atom is -0.480 e. The Morgan fingerprint density at radius 1 is 1.29 bits per heavy atom. The summed E-state index contributed by atoms with van der Waals surface area (Å²) in [7, 11) is 0. The maximum absolute atomic E-state index is 11.7. The number of piperidine rings is 1. The van der Waals surface area contributed by atoms with Crippen LogP contribution in [0.3, 0.4) is 0 Å². The first-order valence-corrected chi connectivity index (χ1v) is 6.70. The summed E-state index contributed by atoms with van der Waals surface area (Å²) in [6.45, 7) is 11.8. The number of carboxylic acid groups (broad SMARTS) is 1. The van der Waals surface area contributed by atoms with E-state index in [2.05, 4.69) is 23.6 Å². The Morgan fingerprint density at radius 3 is 2.06 bits per heavy atom. The highest BCUT2D eigenvalue weighted by atomic mass is 16.4. The van der Waals surface area contributed by atoms with Crippen molar-refractivity contribution in [1.82, 2.24) is 9.80 Å². The second-order valence-corrected chi connectivity index (χ2v) is 5.14. The topological polar surface area (TPSA) is 43.8 Å². The SMILES string of the molecule is CCN(CC)C1(C(=O)O)CCN(C(C)C)CC1. The lowest BCUT2D eigenvalue weighted by atomic mass is 9.85. The summed E-state index contributed by atoms with van der Waals surface area (Å²) in [6.07, 6.45) is 1.48. The zero-order valence-electron chi connectivity index (χ0n) is 11.6. The Kier molecular flexibility index (Phi) is 4.95. The van der Waals surface area contributed by atoms with Gasteiger partial charge in [0.15, 0.2) is 0 Å². The van der Waals surface area contributed by atoms with Crippen LogP contribution in [0.15, 0.2) is 0 Å². The van der Waals surface area contributed by atoms with Crippen molar-refractivity contribution in [3.05, 3.63) is 0 Å². The predicted molar refractivity (Wildman–Crippen MR) is 69.2 cm³/mol. The summed E-state index contributed by atoms with van der Waals surface area (Å²) in [4.78, 5) is 16.1. The fourth-order valence-corrected chi connectivity index (χ4v) is 2.90. The van der Waals surface area contributed by atoms with Crippen LogP contribution in [0.1, 0.15) is 40.5 Å². The lowest BCUT2D eigenvalue weighted by molar-refractivity contribution is -0.155. The highest BCUT2D eigenvalue weighted by molar-refractivity contribution is 5.79. The summed E-state index contributed by atoms with van der Waals surface area (Å²) in [5.74, 6) is -0.649. The minimum atomic E-state index is -0.649. The maximum Gasteiger partial charge on any atom is 0.324 e. The van der Waals surface area contributed by atoms with E-state index in [1.54, 1.807) is 0 Å². The first-order valence-electron chi connectivity index (χ1n) is 6.70. The van der Waals surface area contributed by atoms with Crippen molar-refractivity contribution in [3.63, 3.8) is 0 Å². The predicted octanol–water partition coefficient (Wildman–Crippen LogP) is 1.66. The Morgan fingerprint density at radius 2 is 1.76 bits per heavy atom. The van der Waals surface area contributed by atoms with Crippen LogP contribution in [0.25, 0.3) is 0 Å². The van der Waals surface area contributed by atoms with Gasteiger partial charge in [-0.3, -0.25) is 9.69 Å². The molecule has 1 aliphatic heterocycles. The number of likely N-dealkylation sites (tertiary alicyclic amines) is 1. The largest absolute Gasteiger partial charge is 0.480 e. The van der Waals surface area contributed by atoms with Gasteiger partial charge in [0.2, 0.25) is 0 Å². The van der Waals surface area contributed by atoms with Crippen LogP contribution in [0.5, 0.6) is 0 Å². The minimum absolute atomic E-state index is 0.512. The van der Waals surface area contributed by atoms with Gasteiger partial charge in [-0.1, -0.05) is 13.8 Å². The molecule has 0 radical (unpaired) electrons. The lowest BCUT2D eigenvalue weighted by Crippen LogP contribution is -2.60. The second-order valence-electron chi connectivity index (χ2n) is 5.14. The van der Waals surface area contributed by atoms with Gasteiger partial charge in [-0.05, 0) is 39.8 Å². The van der Waals surface area contributed by atoms with E-state index in [0.29, 0.717) is 6.04 Å². The second kappa shape index (κ2) is 5.83. The van der Waals surface area contributed by atoms with Crippen LogP contribution in [0, 0.1) is 0 Å². The molecule has 0 unspecified atom stereocenters. The molecule has 0 aromatic rings. The molecule has 0 spiro atoms. The van der Waals surface area contributed by atoms with Gasteiger partial charge in [0.25, 0.3) is 0 Å². The Hall–Kier alpha value is -0.610. The smallest absolute Gasteiger partial charge is 0.324 e. The lowest BCUT2D eigenvalue weighted by Gasteiger charge is -2.46. The number of hydrogen-bond acceptors (Lipinski definition) is 3. The van der Waals surface area contributed by atoms with E-state index in [-0.39, 0.29) is 0 Å². The van der Waals surface area contributed by atoms with Crippen molar-refractivity contribution < 1.29 is 9.90 Å². The molecule has 1 saturated heterocycles. The molecule has 0 aliphatic carbocycles. The van der Waals surface area contributed by atoms with E-state index < -0.39 is 11.5 Å². The number of rotatable bonds is 5. The summed E-state index contributed by atoms with van der Waals surface area (Å²) in [5, 5.41) is 9.59. The molecule has 1 fully saturated rings. The molecule has 1 rings (SSSR count). The number of nitrogens with zero attached hydrogens (tertiary/aromatic N) is 2. The molecule has 1 aliphatic rings. The highest BCUT2D eigenvalue weighted by Gasteiger charge is 2.45. The third kappa shape index (κ3) is 2.80. The molecule has 1 heterocycles. The molecule has 1 N–H and O–H groups in total. The van der Waals surface area contributed by atoms with E-state index in [1.165, 1.54) is 0 Å². The molecule has 100 valence electrons. The summed E-state index contributed by atoms with van der Waals surface area (Å²) in [5.41, 5.74) is -0.630. The van der Waals surface area contributed by atoms with Crippen molar-refractivity contribution in [2.75, 3.05) is 26.2 Å². The molecule has 0 atom stereocenters. The Bertz CT molecular complexity index is 254. The van der Waals surface area contributed by atoms with E-state index in [0.717, 1.165) is 39.0 Å². The molecule has 0 bridgehead atoms. The molecule has 0 aromatic carbocycles. The molecule has 0 amide bonds. The molecule has 4 heteroatoms. The fraction of sp³-hybridized carbons (Fsp3) is 0.923. The third-order valence-corrected chi connectivity index (χ3v) is 4.12. The van der Waals surface area contributed by atoms with Gasteiger partial charge in [0.1, 0.15) is 5.54 Å². The molecular weight excluding hydrogens is 216 g/mol. The summed E-state index contributed by atoms with van der Waals surface area (Å²) >= 11 is 0. The van der Waals surface area contributed by atoms with E-state index in [9.17, 15) is 9.90 Å². The number of carbonyl (C=O) groups is 1. The average Bonchev–Trinajstić information content (AvgIpc) is 2.30. The summed E-state index contributed by atoms with van der Waals surface area (Å²) in [6, 6.07) is 0.512. The van der Waals surface area contributed by atoms with Gasteiger partial charge in [-0.2, -0.15) is 0 Å². The van der Waals surface area contributed by atoms with Crippen molar-refractivity contribution >= 4 is 5.97 Å². The van der Waals surface area contributed by atoms with Gasteiger partial charge in [0.05, 0.1) is 0 Å². The van der Waals surface area contributed by atoms with Crippen LogP contribution >= 0.6 is 0 Å². The van der Waals surface area contributed by atoms with Gasteiger partial charge >= 0.3 is 5.97 Å². The maximum atomic E-state index is 11.7. The van der Waals surface area contributed by atoms with Gasteiger partial charge in [0, 0.05) is 19.1 Å². The van der Waals surface area contributed by atoms with Gasteiger partial charge in [-0.15, -0.1) is 0 Å². The Labute approximate surface area is 105 Å². The fourth-order valence-electron chi connectivity index (χ4n) is 2.90. The van der Waals surface area contributed by atoms with Crippen LogP contribution in [0.2, 0.25) is 0 Å². The molecular formula is C13H26N2O2. The highest BCUT2D eigenvalue weighted by Crippen LogP contribution is 2.30. The summed E-state index contributed by atoms with van der Waals surface area (Å²) < 4.78 is 0. The number of carboxylic acids is 1. The zero-order chi connectivity index (χ0) is 13.1. The average molecular weight is 242 g/mol. The normalized spacial score (nSPS) is 21.1. The van der Waals surface area contributed by atoms with Crippen molar-refractivity contribution in [1.29, 1.82) is 0 Å². The molecule has 0 aromatic heterocycles. The van der Waals surface area contributed by atoms with Crippen molar-refractivity contribution in [2.45, 2.75) is 52.1 Å². The first-order chi connectivity index (χ1) is 7.97. The molecule has 17 heavy (non-hydrogen) atoms. The van der Waals surface area contributed by atoms with Gasteiger partial charge in [-0.25, -0.2) is 0 Å². The van der Waals surface area contributed by atoms with Crippen LogP contribution < -0.4 is 0 Å². The van der Waals surface area contributed by atoms with E-state index in [1.807, 2.05) is 13.8 Å². The number of hydrogen-bond donors (Lipinski definition) is 1. The van der Waals surface area contributed by atoms with Crippen LogP contribution in [-0.4, -0.2) is 58.6 Å². The Balaban J connectivity index is 2.80. The zero-order valence-corrected chi connectivity index (χ0v) is 11.6. The van der Waals surface area contributed by atoms with E-state index >= 15 is 0 Å².